The quantitative estimate of drug-likeness (QED) is 0.933. The number of aromatic amines is 1. The van der Waals surface area contributed by atoms with Crippen LogP contribution in [0.4, 0.5) is 5.69 Å². The van der Waals surface area contributed by atoms with Gasteiger partial charge in [-0.2, -0.15) is 0 Å². The molecule has 2 aromatic rings. The van der Waals surface area contributed by atoms with Gasteiger partial charge in [0.2, 0.25) is 0 Å². The lowest BCUT2D eigenvalue weighted by molar-refractivity contribution is -0.0264. The monoisotopic (exact) mass is 340 g/mol. The van der Waals surface area contributed by atoms with Gasteiger partial charge in [0.1, 0.15) is 11.9 Å². The van der Waals surface area contributed by atoms with E-state index >= 15 is 0 Å². The lowest BCUT2D eigenvalue weighted by Gasteiger charge is -2.32. The fourth-order valence-electron chi connectivity index (χ4n) is 3.57. The van der Waals surface area contributed by atoms with E-state index < -0.39 is 0 Å². The Morgan fingerprint density at radius 2 is 1.96 bits per heavy atom. The Kier molecular flexibility index (Phi) is 4.44. The molecule has 2 fully saturated rings. The number of hydrogen-bond acceptors (Lipinski definition) is 4. The van der Waals surface area contributed by atoms with Crippen LogP contribution >= 0.6 is 0 Å². The molecule has 6 nitrogen and oxygen atoms in total. The summed E-state index contributed by atoms with van der Waals surface area (Å²) in [5.41, 5.74) is 2.94. The molecule has 1 unspecified atom stereocenters. The van der Waals surface area contributed by atoms with Crippen molar-refractivity contribution in [1.82, 2.24) is 14.9 Å². The van der Waals surface area contributed by atoms with Crippen LogP contribution in [0.5, 0.6) is 0 Å². The molecule has 1 atom stereocenters. The Morgan fingerprint density at radius 1 is 1.20 bits per heavy atom. The number of ether oxygens (including phenoxy) is 1. The number of rotatable bonds is 3. The van der Waals surface area contributed by atoms with E-state index in [-0.39, 0.29) is 12.0 Å². The molecule has 6 heteroatoms. The fraction of sp³-hybridized carbons (Fsp3) is 0.474. The van der Waals surface area contributed by atoms with Gasteiger partial charge in [0.15, 0.2) is 0 Å². The molecule has 1 aromatic carbocycles. The molecule has 2 saturated heterocycles. The van der Waals surface area contributed by atoms with Crippen LogP contribution in [0.15, 0.2) is 30.5 Å². The van der Waals surface area contributed by atoms with Crippen molar-refractivity contribution < 1.29 is 9.53 Å². The first-order chi connectivity index (χ1) is 12.2. The fourth-order valence-corrected chi connectivity index (χ4v) is 3.57. The second-order valence-corrected chi connectivity index (χ2v) is 6.80. The molecule has 0 spiro atoms. The van der Waals surface area contributed by atoms with Gasteiger partial charge in [-0.3, -0.25) is 4.79 Å². The summed E-state index contributed by atoms with van der Waals surface area (Å²) in [5.74, 6) is 0.851. The van der Waals surface area contributed by atoms with Crippen LogP contribution in [0.1, 0.15) is 40.8 Å². The van der Waals surface area contributed by atoms with Gasteiger partial charge in [0.25, 0.3) is 5.91 Å². The molecule has 0 bridgehead atoms. The van der Waals surface area contributed by atoms with E-state index in [0.29, 0.717) is 19.7 Å². The lowest BCUT2D eigenvalue weighted by Crippen LogP contribution is -2.42. The summed E-state index contributed by atoms with van der Waals surface area (Å²) in [6.07, 6.45) is 4.11. The number of morpholine rings is 1. The molecule has 2 aliphatic rings. The summed E-state index contributed by atoms with van der Waals surface area (Å²) in [4.78, 5) is 24.6. The molecule has 0 aliphatic carbocycles. The third-order valence-electron chi connectivity index (χ3n) is 4.97. The number of aryl methyl sites for hydroxylation is 1. The molecule has 0 radical (unpaired) electrons. The maximum absolute atomic E-state index is 12.8. The van der Waals surface area contributed by atoms with Crippen LogP contribution in [0, 0.1) is 6.92 Å². The number of hydrogen-bond donors (Lipinski definition) is 1. The normalized spacial score (nSPS) is 20.9. The lowest BCUT2D eigenvalue weighted by atomic mass is 10.1. The van der Waals surface area contributed by atoms with Crippen LogP contribution < -0.4 is 4.90 Å². The number of nitrogens with zero attached hydrogens (tertiary/aromatic N) is 3. The minimum absolute atomic E-state index is 0.0598. The van der Waals surface area contributed by atoms with Crippen molar-refractivity contribution in [3.63, 3.8) is 0 Å². The number of H-pyrrole nitrogens is 1. The van der Waals surface area contributed by atoms with E-state index in [1.807, 2.05) is 24.0 Å². The largest absolute Gasteiger partial charge is 0.372 e. The van der Waals surface area contributed by atoms with Gasteiger partial charge in [0.05, 0.1) is 13.2 Å². The highest BCUT2D eigenvalue weighted by atomic mass is 16.5. The second-order valence-electron chi connectivity index (χ2n) is 6.80. The molecule has 3 heterocycles. The molecule has 0 saturated carbocycles. The van der Waals surface area contributed by atoms with Crippen molar-refractivity contribution in [2.45, 2.75) is 25.9 Å². The molecule has 1 N–H and O–H groups in total. The number of carbonyl (C=O) groups excluding carboxylic acids is 1. The summed E-state index contributed by atoms with van der Waals surface area (Å²) in [5, 5.41) is 0. The molecule has 1 aromatic heterocycles. The van der Waals surface area contributed by atoms with Gasteiger partial charge in [-0.15, -0.1) is 0 Å². The smallest absolute Gasteiger partial charge is 0.254 e. The van der Waals surface area contributed by atoms with Crippen LogP contribution in [-0.4, -0.2) is 53.6 Å². The Hall–Kier alpha value is -2.34. The van der Waals surface area contributed by atoms with Crippen LogP contribution in [-0.2, 0) is 4.74 Å². The standard InChI is InChI=1S/C19H24N4O2/c1-14-12-20-18(21-14)17-13-23(10-11-25-17)19(24)15-4-6-16(7-5-15)22-8-2-3-9-22/h4-7,12,17H,2-3,8-11,13H2,1H3,(H,20,21). The van der Waals surface area contributed by atoms with Crippen molar-refractivity contribution in [2.75, 3.05) is 37.7 Å². The van der Waals surface area contributed by atoms with Gasteiger partial charge in [-0.25, -0.2) is 4.98 Å². The van der Waals surface area contributed by atoms with Gasteiger partial charge >= 0.3 is 0 Å². The zero-order valence-electron chi connectivity index (χ0n) is 14.6. The summed E-state index contributed by atoms with van der Waals surface area (Å²) in [7, 11) is 0. The van der Waals surface area contributed by atoms with Crippen LogP contribution in [0.25, 0.3) is 0 Å². The Labute approximate surface area is 147 Å². The first-order valence-corrected chi connectivity index (χ1v) is 8.98. The number of benzene rings is 1. The van der Waals surface area contributed by atoms with Crippen molar-refractivity contribution in [3.8, 4) is 0 Å². The average Bonchev–Trinajstić information content (AvgIpc) is 3.33. The minimum atomic E-state index is -0.185. The predicted octanol–water partition coefficient (Wildman–Crippen LogP) is 2.53. The highest BCUT2D eigenvalue weighted by Gasteiger charge is 2.27. The molecule has 4 rings (SSSR count). The molecular weight excluding hydrogens is 316 g/mol. The van der Waals surface area contributed by atoms with Crippen molar-refractivity contribution >= 4 is 11.6 Å². The predicted molar refractivity (Wildman–Crippen MR) is 95.8 cm³/mol. The molecular formula is C19H24N4O2. The van der Waals surface area contributed by atoms with E-state index in [0.717, 1.165) is 30.2 Å². The highest BCUT2D eigenvalue weighted by Crippen LogP contribution is 2.23. The van der Waals surface area contributed by atoms with Gasteiger partial charge in [-0.1, -0.05) is 0 Å². The molecule has 132 valence electrons. The summed E-state index contributed by atoms with van der Waals surface area (Å²) >= 11 is 0. The number of aromatic nitrogens is 2. The maximum Gasteiger partial charge on any atom is 0.254 e. The number of carbonyl (C=O) groups is 1. The number of amides is 1. The zero-order chi connectivity index (χ0) is 17.2. The van der Waals surface area contributed by atoms with E-state index in [2.05, 4.69) is 27.0 Å². The molecule has 1 amide bonds. The second kappa shape index (κ2) is 6.88. The molecule has 25 heavy (non-hydrogen) atoms. The molecule has 2 aliphatic heterocycles. The summed E-state index contributed by atoms with van der Waals surface area (Å²) in [6.45, 7) is 5.86. The van der Waals surface area contributed by atoms with E-state index in [1.165, 1.54) is 18.5 Å². The number of imidazole rings is 1. The van der Waals surface area contributed by atoms with Crippen LogP contribution in [0.3, 0.4) is 0 Å². The van der Waals surface area contributed by atoms with Crippen molar-refractivity contribution in [3.05, 3.63) is 47.5 Å². The van der Waals surface area contributed by atoms with E-state index in [9.17, 15) is 4.79 Å². The summed E-state index contributed by atoms with van der Waals surface area (Å²) in [6, 6.07) is 8.01. The van der Waals surface area contributed by atoms with E-state index in [4.69, 9.17) is 4.74 Å². The average molecular weight is 340 g/mol. The first-order valence-electron chi connectivity index (χ1n) is 8.98. The minimum Gasteiger partial charge on any atom is -0.372 e. The van der Waals surface area contributed by atoms with Gasteiger partial charge < -0.3 is 19.5 Å². The Morgan fingerprint density at radius 3 is 2.64 bits per heavy atom. The number of anilines is 1. The maximum atomic E-state index is 12.8. The third kappa shape index (κ3) is 3.39. The topological polar surface area (TPSA) is 61.5 Å². The SMILES string of the molecule is Cc1cnc(C2CN(C(=O)c3ccc(N4CCCC4)cc3)CCO2)[nH]1. The third-order valence-corrected chi connectivity index (χ3v) is 4.97. The highest BCUT2D eigenvalue weighted by molar-refractivity contribution is 5.94. The van der Waals surface area contributed by atoms with Crippen LogP contribution in [0.2, 0.25) is 0 Å². The van der Waals surface area contributed by atoms with Crippen molar-refractivity contribution in [1.29, 1.82) is 0 Å². The zero-order valence-corrected chi connectivity index (χ0v) is 14.6. The summed E-state index contributed by atoms with van der Waals surface area (Å²) < 4.78 is 5.79. The van der Waals surface area contributed by atoms with Gasteiger partial charge in [0, 0.05) is 42.8 Å². The van der Waals surface area contributed by atoms with Gasteiger partial charge in [-0.05, 0) is 44.0 Å². The number of nitrogens with one attached hydrogen (secondary N) is 1. The van der Waals surface area contributed by atoms with Crippen molar-refractivity contribution in [2.24, 2.45) is 0 Å². The first kappa shape index (κ1) is 16.1. The Balaban J connectivity index is 1.44. The van der Waals surface area contributed by atoms with E-state index in [1.54, 1.807) is 6.20 Å². The Bertz CT molecular complexity index is 734.